The van der Waals surface area contributed by atoms with Crippen LogP contribution >= 0.6 is 11.3 Å². The number of thiophene rings is 1. The number of amides is 1. The lowest BCUT2D eigenvalue weighted by Gasteiger charge is -2.15. The molecular formula is C18H21N4O2S+. The molecule has 1 aromatic carbocycles. The van der Waals surface area contributed by atoms with Crippen LogP contribution in [0.2, 0.25) is 0 Å². The Morgan fingerprint density at radius 1 is 1.28 bits per heavy atom. The second kappa shape index (κ2) is 7.16. The number of likely N-dealkylation sites (N-methyl/N-ethyl adjacent to an activating group) is 2. The molecule has 0 spiro atoms. The van der Waals surface area contributed by atoms with Crippen LogP contribution in [0, 0.1) is 0 Å². The van der Waals surface area contributed by atoms with Gasteiger partial charge < -0.3 is 14.8 Å². The highest BCUT2D eigenvalue weighted by atomic mass is 32.1. The van der Waals surface area contributed by atoms with Crippen molar-refractivity contribution in [1.82, 2.24) is 14.9 Å². The molecule has 2 aromatic heterocycles. The number of rotatable bonds is 5. The minimum absolute atomic E-state index is 0.0448. The summed E-state index contributed by atoms with van der Waals surface area (Å²) in [5.41, 5.74) is 0.941. The molecule has 0 aliphatic carbocycles. The highest BCUT2D eigenvalue weighted by Crippen LogP contribution is 2.30. The van der Waals surface area contributed by atoms with Crippen molar-refractivity contribution >= 4 is 27.5 Å². The van der Waals surface area contributed by atoms with E-state index in [0.29, 0.717) is 24.3 Å². The standard InChI is InChI=1S/C18H20N4O2S/c1-21(2)16(23)11-22(3)10-15-19-17(24)13-9-14(25-18(13)20-15)12-7-5-4-6-8-12/h4-9H,10-11H2,1-3H3,(H,19,20,24)/p+1. The van der Waals surface area contributed by atoms with Crippen LogP contribution in [0.1, 0.15) is 5.82 Å². The van der Waals surface area contributed by atoms with Crippen LogP contribution in [-0.4, -0.2) is 48.5 Å². The van der Waals surface area contributed by atoms with Gasteiger partial charge in [-0.25, -0.2) is 4.98 Å². The SMILES string of the molecule is CN(C)C(=O)C[NH+](C)Cc1nc2sc(-c3ccccc3)cc2c(=O)[nH]1. The fourth-order valence-electron chi connectivity index (χ4n) is 2.57. The first-order chi connectivity index (χ1) is 11.9. The average molecular weight is 357 g/mol. The van der Waals surface area contributed by atoms with Crippen LogP contribution in [0.5, 0.6) is 0 Å². The molecule has 2 N–H and O–H groups in total. The number of hydrogen-bond acceptors (Lipinski definition) is 4. The van der Waals surface area contributed by atoms with Gasteiger partial charge >= 0.3 is 0 Å². The summed E-state index contributed by atoms with van der Waals surface area (Å²) < 4.78 is 0. The Hall–Kier alpha value is -2.51. The maximum absolute atomic E-state index is 12.4. The zero-order chi connectivity index (χ0) is 18.0. The number of aromatic nitrogens is 2. The Balaban J connectivity index is 1.86. The van der Waals surface area contributed by atoms with E-state index in [1.165, 1.54) is 11.3 Å². The number of quaternary nitrogens is 1. The summed E-state index contributed by atoms with van der Waals surface area (Å²) >= 11 is 1.51. The normalized spacial score (nSPS) is 12.3. The van der Waals surface area contributed by atoms with Gasteiger partial charge in [-0.1, -0.05) is 30.3 Å². The molecule has 25 heavy (non-hydrogen) atoms. The maximum atomic E-state index is 12.4. The molecule has 0 radical (unpaired) electrons. The Kier molecular flexibility index (Phi) is 4.96. The number of aromatic amines is 1. The van der Waals surface area contributed by atoms with Gasteiger partial charge in [0.1, 0.15) is 11.4 Å². The molecule has 0 saturated heterocycles. The molecule has 1 atom stereocenters. The highest BCUT2D eigenvalue weighted by Gasteiger charge is 2.15. The van der Waals surface area contributed by atoms with Crippen molar-refractivity contribution in [1.29, 1.82) is 0 Å². The average Bonchev–Trinajstić information content (AvgIpc) is 3.00. The lowest BCUT2D eigenvalue weighted by molar-refractivity contribution is -0.886. The van der Waals surface area contributed by atoms with Gasteiger partial charge in [-0.2, -0.15) is 0 Å². The van der Waals surface area contributed by atoms with E-state index < -0.39 is 0 Å². The van der Waals surface area contributed by atoms with Gasteiger partial charge in [-0.05, 0) is 11.6 Å². The molecular weight excluding hydrogens is 336 g/mol. The maximum Gasteiger partial charge on any atom is 0.277 e. The summed E-state index contributed by atoms with van der Waals surface area (Å²) in [6, 6.07) is 11.8. The van der Waals surface area contributed by atoms with Gasteiger partial charge in [-0.15, -0.1) is 11.3 Å². The highest BCUT2D eigenvalue weighted by molar-refractivity contribution is 7.21. The third-order valence-corrected chi connectivity index (χ3v) is 5.01. The molecule has 6 nitrogen and oxygen atoms in total. The summed E-state index contributed by atoms with van der Waals surface area (Å²) in [5.74, 6) is 0.645. The molecule has 3 aromatic rings. The van der Waals surface area contributed by atoms with Crippen molar-refractivity contribution in [2.45, 2.75) is 6.54 Å². The fourth-order valence-corrected chi connectivity index (χ4v) is 3.63. The first-order valence-electron chi connectivity index (χ1n) is 8.03. The zero-order valence-corrected chi connectivity index (χ0v) is 15.3. The topological polar surface area (TPSA) is 70.5 Å². The lowest BCUT2D eigenvalue weighted by atomic mass is 10.2. The summed E-state index contributed by atoms with van der Waals surface area (Å²) in [7, 11) is 5.38. The van der Waals surface area contributed by atoms with Crippen LogP contribution in [-0.2, 0) is 11.3 Å². The van der Waals surface area contributed by atoms with Crippen LogP contribution in [0.3, 0.4) is 0 Å². The number of fused-ring (bicyclic) bond motifs is 1. The van der Waals surface area contributed by atoms with Gasteiger partial charge in [0.05, 0.1) is 12.4 Å². The third-order valence-electron chi connectivity index (χ3n) is 3.93. The van der Waals surface area contributed by atoms with E-state index in [0.717, 1.165) is 20.2 Å². The number of nitrogens with one attached hydrogen (secondary N) is 2. The van der Waals surface area contributed by atoms with Crippen LogP contribution in [0.4, 0.5) is 0 Å². The van der Waals surface area contributed by atoms with E-state index in [1.807, 2.05) is 43.4 Å². The molecule has 1 unspecified atom stereocenters. The number of carbonyl (C=O) groups is 1. The van der Waals surface area contributed by atoms with Gasteiger partial charge in [0.25, 0.3) is 11.5 Å². The number of H-pyrrole nitrogens is 1. The molecule has 7 heteroatoms. The molecule has 0 aliphatic rings. The van der Waals surface area contributed by atoms with Crippen LogP contribution < -0.4 is 10.5 Å². The number of benzene rings is 1. The van der Waals surface area contributed by atoms with Gasteiger partial charge in [0.15, 0.2) is 12.4 Å². The molecule has 0 fully saturated rings. The number of hydrogen-bond donors (Lipinski definition) is 2. The van der Waals surface area contributed by atoms with Crippen molar-refractivity contribution in [3.05, 3.63) is 52.6 Å². The van der Waals surface area contributed by atoms with E-state index in [9.17, 15) is 9.59 Å². The predicted molar refractivity (Wildman–Crippen MR) is 99.8 cm³/mol. The molecule has 0 saturated carbocycles. The van der Waals surface area contributed by atoms with Crippen molar-refractivity contribution in [2.75, 3.05) is 27.7 Å². The van der Waals surface area contributed by atoms with Crippen molar-refractivity contribution < 1.29 is 9.69 Å². The van der Waals surface area contributed by atoms with E-state index in [-0.39, 0.29) is 11.5 Å². The Labute approximate surface area is 149 Å². The predicted octanol–water partition coefficient (Wildman–Crippen LogP) is 0.754. The summed E-state index contributed by atoms with van der Waals surface area (Å²) in [6.07, 6.45) is 0. The summed E-state index contributed by atoms with van der Waals surface area (Å²) in [5, 5.41) is 0.606. The van der Waals surface area contributed by atoms with E-state index >= 15 is 0 Å². The summed E-state index contributed by atoms with van der Waals surface area (Å²) in [4.78, 5) is 35.9. The van der Waals surface area contributed by atoms with E-state index in [2.05, 4.69) is 9.97 Å². The quantitative estimate of drug-likeness (QED) is 0.708. The van der Waals surface area contributed by atoms with Crippen molar-refractivity contribution in [3.8, 4) is 10.4 Å². The second-order valence-corrected chi connectivity index (χ2v) is 7.34. The van der Waals surface area contributed by atoms with Crippen LogP contribution in [0.15, 0.2) is 41.2 Å². The Morgan fingerprint density at radius 3 is 2.68 bits per heavy atom. The smallest absolute Gasteiger partial charge is 0.277 e. The largest absolute Gasteiger partial charge is 0.344 e. The zero-order valence-electron chi connectivity index (χ0n) is 14.5. The van der Waals surface area contributed by atoms with Crippen LogP contribution in [0.25, 0.3) is 20.7 Å². The molecule has 0 aliphatic heterocycles. The number of carbonyl (C=O) groups excluding carboxylic acids is 1. The molecule has 3 rings (SSSR count). The minimum Gasteiger partial charge on any atom is -0.344 e. The number of nitrogens with zero attached hydrogens (tertiary/aromatic N) is 2. The first-order valence-corrected chi connectivity index (χ1v) is 8.85. The van der Waals surface area contributed by atoms with Crippen molar-refractivity contribution in [2.24, 2.45) is 0 Å². The second-order valence-electron chi connectivity index (χ2n) is 6.31. The molecule has 130 valence electrons. The van der Waals surface area contributed by atoms with E-state index in [4.69, 9.17) is 0 Å². The Bertz CT molecular complexity index is 947. The first kappa shape index (κ1) is 17.3. The Morgan fingerprint density at radius 2 is 2.00 bits per heavy atom. The molecule has 0 bridgehead atoms. The summed E-state index contributed by atoms with van der Waals surface area (Å²) in [6.45, 7) is 0.845. The monoisotopic (exact) mass is 357 g/mol. The van der Waals surface area contributed by atoms with E-state index in [1.54, 1.807) is 19.0 Å². The van der Waals surface area contributed by atoms with Crippen molar-refractivity contribution in [3.63, 3.8) is 0 Å². The molecule has 1 amide bonds. The third kappa shape index (κ3) is 3.94. The van der Waals surface area contributed by atoms with Gasteiger partial charge in [0.2, 0.25) is 0 Å². The van der Waals surface area contributed by atoms with Gasteiger partial charge in [-0.3, -0.25) is 9.59 Å². The fraction of sp³-hybridized carbons (Fsp3) is 0.278. The van der Waals surface area contributed by atoms with Gasteiger partial charge in [0, 0.05) is 19.0 Å². The minimum atomic E-state index is -0.134. The molecule has 2 heterocycles. The lowest BCUT2D eigenvalue weighted by Crippen LogP contribution is -3.09.